The molecule has 0 fully saturated rings. The second-order valence-corrected chi connectivity index (χ2v) is 11.9. The van der Waals surface area contributed by atoms with Gasteiger partial charge >= 0.3 is 0 Å². The van der Waals surface area contributed by atoms with Gasteiger partial charge in [-0.15, -0.1) is 22.7 Å². The highest BCUT2D eigenvalue weighted by molar-refractivity contribution is 7.21. The topological polar surface area (TPSA) is 101 Å². The number of carbonyl (C=O) groups is 1. The van der Waals surface area contributed by atoms with Crippen molar-refractivity contribution in [2.45, 2.75) is 26.2 Å². The van der Waals surface area contributed by atoms with Crippen molar-refractivity contribution in [2.75, 3.05) is 18.2 Å². The zero-order valence-corrected chi connectivity index (χ0v) is 23.2. The Balaban J connectivity index is 1.45. The Morgan fingerprint density at radius 3 is 2.62 bits per heavy atom. The van der Waals surface area contributed by atoms with Gasteiger partial charge in [0.2, 0.25) is 0 Å². The molecule has 194 valence electrons. The van der Waals surface area contributed by atoms with Gasteiger partial charge in [0.15, 0.2) is 0 Å². The third-order valence-electron chi connectivity index (χ3n) is 7.23. The maximum Gasteiger partial charge on any atom is 0.268 e. The first kappa shape index (κ1) is 25.1. The fraction of sp³-hybridized carbons (Fsp3) is 0.194. The van der Waals surface area contributed by atoms with Gasteiger partial charge in [-0.2, -0.15) is 5.26 Å². The van der Waals surface area contributed by atoms with E-state index in [9.17, 15) is 10.1 Å². The number of rotatable bonds is 5. The molecule has 2 aromatic carbocycles. The van der Waals surface area contributed by atoms with Gasteiger partial charge in [0, 0.05) is 15.8 Å². The lowest BCUT2D eigenvalue weighted by Gasteiger charge is -2.17. The van der Waals surface area contributed by atoms with E-state index in [0.717, 1.165) is 58.3 Å². The van der Waals surface area contributed by atoms with Crippen LogP contribution in [0.5, 0.6) is 5.75 Å². The standard InChI is InChI=1S/C31H26N4O2S2/c1-17-8-13-21-23(16-32)30(38-25(21)14-17)35-29(36)28-27(33)26-22(18-9-11-20(37-2)12-10-18)15-24(34-31(26)39-28)19-6-4-3-5-7-19/h3-7,9-12,15,17H,8,13-14,33H2,1-2H3,(H,35,36). The molecule has 1 amide bonds. The lowest BCUT2D eigenvalue weighted by Crippen LogP contribution is -2.12. The quantitative estimate of drug-likeness (QED) is 0.235. The van der Waals surface area contributed by atoms with Crippen molar-refractivity contribution in [2.24, 2.45) is 5.92 Å². The number of pyridine rings is 1. The van der Waals surface area contributed by atoms with E-state index in [1.54, 1.807) is 7.11 Å². The second-order valence-electron chi connectivity index (χ2n) is 9.80. The first-order valence-electron chi connectivity index (χ1n) is 12.8. The SMILES string of the molecule is COc1ccc(-c2cc(-c3ccccc3)nc3sc(C(=O)Nc4sc5c(c4C#N)CCC(C)C5)c(N)c23)cc1. The molecule has 3 heterocycles. The summed E-state index contributed by atoms with van der Waals surface area (Å²) in [6, 6.07) is 22.1. The Morgan fingerprint density at radius 1 is 1.13 bits per heavy atom. The molecule has 6 rings (SSSR count). The highest BCUT2D eigenvalue weighted by Crippen LogP contribution is 2.43. The number of nitrogens with zero attached hydrogens (tertiary/aromatic N) is 2. The number of aromatic nitrogens is 1. The van der Waals surface area contributed by atoms with E-state index in [1.807, 2.05) is 60.7 Å². The molecule has 5 aromatic rings. The first-order valence-corrected chi connectivity index (χ1v) is 14.4. The van der Waals surface area contributed by atoms with Crippen LogP contribution < -0.4 is 15.8 Å². The molecule has 0 bridgehead atoms. The van der Waals surface area contributed by atoms with Crippen LogP contribution in [-0.2, 0) is 12.8 Å². The summed E-state index contributed by atoms with van der Waals surface area (Å²) in [7, 11) is 1.64. The number of anilines is 2. The predicted octanol–water partition coefficient (Wildman–Crippen LogP) is 7.53. The van der Waals surface area contributed by atoms with E-state index in [2.05, 4.69) is 18.3 Å². The summed E-state index contributed by atoms with van der Waals surface area (Å²) in [5.74, 6) is 1.01. The molecule has 0 aliphatic heterocycles. The lowest BCUT2D eigenvalue weighted by molar-refractivity contribution is 0.103. The molecule has 0 spiro atoms. The summed E-state index contributed by atoms with van der Waals surface area (Å²) < 4.78 is 5.35. The number of thiophene rings is 2. The molecule has 39 heavy (non-hydrogen) atoms. The molecule has 1 aliphatic rings. The minimum absolute atomic E-state index is 0.319. The monoisotopic (exact) mass is 550 g/mol. The summed E-state index contributed by atoms with van der Waals surface area (Å²) in [4.78, 5) is 20.8. The van der Waals surface area contributed by atoms with Crippen molar-refractivity contribution in [3.63, 3.8) is 0 Å². The fourth-order valence-corrected chi connectivity index (χ4v) is 7.53. The van der Waals surface area contributed by atoms with E-state index >= 15 is 0 Å². The number of methoxy groups -OCH3 is 1. The summed E-state index contributed by atoms with van der Waals surface area (Å²) in [5, 5.41) is 14.2. The fourth-order valence-electron chi connectivity index (χ4n) is 5.16. The van der Waals surface area contributed by atoms with Crippen LogP contribution in [0.3, 0.4) is 0 Å². The van der Waals surface area contributed by atoms with Crippen LogP contribution in [-0.4, -0.2) is 18.0 Å². The van der Waals surface area contributed by atoms with Gasteiger partial charge in [-0.1, -0.05) is 49.4 Å². The number of ether oxygens (including phenoxy) is 1. The van der Waals surface area contributed by atoms with Gasteiger partial charge in [-0.25, -0.2) is 4.98 Å². The number of carbonyl (C=O) groups excluding carboxylic acids is 1. The van der Waals surface area contributed by atoms with Crippen LogP contribution >= 0.6 is 22.7 Å². The molecule has 8 heteroatoms. The molecular formula is C31H26N4O2S2. The van der Waals surface area contributed by atoms with Crippen LogP contribution in [0.25, 0.3) is 32.6 Å². The Hall–Kier alpha value is -4.19. The Kier molecular flexibility index (Phi) is 6.55. The van der Waals surface area contributed by atoms with Gasteiger partial charge < -0.3 is 15.8 Å². The Bertz CT molecular complexity index is 1750. The van der Waals surface area contributed by atoms with Crippen molar-refractivity contribution < 1.29 is 9.53 Å². The number of fused-ring (bicyclic) bond motifs is 2. The van der Waals surface area contributed by atoms with Gasteiger partial charge in [-0.3, -0.25) is 4.79 Å². The van der Waals surface area contributed by atoms with Gasteiger partial charge in [0.1, 0.15) is 26.5 Å². The summed E-state index contributed by atoms with van der Waals surface area (Å²) >= 11 is 2.79. The number of benzene rings is 2. The lowest BCUT2D eigenvalue weighted by atomic mass is 9.89. The number of hydrogen-bond donors (Lipinski definition) is 2. The van der Waals surface area contributed by atoms with E-state index in [0.29, 0.717) is 31.9 Å². The number of nitriles is 1. The van der Waals surface area contributed by atoms with Crippen molar-refractivity contribution >= 4 is 49.5 Å². The minimum atomic E-state index is -0.319. The predicted molar refractivity (Wildman–Crippen MR) is 160 cm³/mol. The van der Waals surface area contributed by atoms with Gasteiger partial charge in [0.05, 0.1) is 24.1 Å². The molecule has 1 aliphatic carbocycles. The number of amides is 1. The van der Waals surface area contributed by atoms with Crippen LogP contribution in [0.2, 0.25) is 0 Å². The van der Waals surface area contributed by atoms with Crippen molar-refractivity contribution in [3.8, 4) is 34.2 Å². The Morgan fingerprint density at radius 2 is 1.90 bits per heavy atom. The highest BCUT2D eigenvalue weighted by Gasteiger charge is 2.27. The van der Waals surface area contributed by atoms with Crippen LogP contribution in [0.15, 0.2) is 60.7 Å². The van der Waals surface area contributed by atoms with E-state index < -0.39 is 0 Å². The summed E-state index contributed by atoms with van der Waals surface area (Å²) in [6.45, 7) is 2.22. The minimum Gasteiger partial charge on any atom is -0.497 e. The molecular weight excluding hydrogens is 525 g/mol. The number of nitrogens with two attached hydrogens (primary N) is 1. The third-order valence-corrected chi connectivity index (χ3v) is 9.49. The van der Waals surface area contributed by atoms with Crippen LogP contribution in [0, 0.1) is 17.2 Å². The molecule has 0 saturated heterocycles. The van der Waals surface area contributed by atoms with E-state index in [4.69, 9.17) is 15.5 Å². The molecule has 1 unspecified atom stereocenters. The summed E-state index contributed by atoms with van der Waals surface area (Å²) in [6.07, 6.45) is 2.86. The maximum absolute atomic E-state index is 13.6. The normalized spacial score (nSPS) is 14.5. The maximum atomic E-state index is 13.6. The zero-order chi connectivity index (χ0) is 27.1. The van der Waals surface area contributed by atoms with Gasteiger partial charge in [0.25, 0.3) is 5.91 Å². The molecule has 6 nitrogen and oxygen atoms in total. The van der Waals surface area contributed by atoms with Crippen molar-refractivity contribution in [1.29, 1.82) is 5.26 Å². The first-order chi connectivity index (χ1) is 19.0. The number of hydrogen-bond acceptors (Lipinski definition) is 7. The van der Waals surface area contributed by atoms with Crippen LogP contribution in [0.1, 0.15) is 39.0 Å². The average molecular weight is 551 g/mol. The molecule has 1 atom stereocenters. The zero-order valence-electron chi connectivity index (χ0n) is 21.6. The number of nitrogens with one attached hydrogen (secondary N) is 1. The highest BCUT2D eigenvalue weighted by atomic mass is 32.1. The Labute approximate surface area is 234 Å². The third kappa shape index (κ3) is 4.54. The van der Waals surface area contributed by atoms with E-state index in [-0.39, 0.29) is 5.91 Å². The van der Waals surface area contributed by atoms with Gasteiger partial charge in [-0.05, 0) is 60.1 Å². The molecule has 0 radical (unpaired) electrons. The van der Waals surface area contributed by atoms with Crippen molar-refractivity contribution in [3.05, 3.63) is 81.5 Å². The second kappa shape index (κ2) is 10.2. The largest absolute Gasteiger partial charge is 0.497 e. The number of nitrogen functional groups attached to an aromatic ring is 1. The molecule has 3 aromatic heterocycles. The summed E-state index contributed by atoms with van der Waals surface area (Å²) in [5.41, 5.74) is 12.4. The van der Waals surface area contributed by atoms with E-state index in [1.165, 1.54) is 27.6 Å². The molecule has 0 saturated carbocycles. The van der Waals surface area contributed by atoms with Crippen LogP contribution in [0.4, 0.5) is 10.7 Å². The average Bonchev–Trinajstić information content (AvgIpc) is 3.49. The van der Waals surface area contributed by atoms with Crippen molar-refractivity contribution in [1.82, 2.24) is 4.98 Å². The smallest absolute Gasteiger partial charge is 0.268 e. The molecule has 3 N–H and O–H groups in total.